The molecule has 1 aromatic rings. The van der Waals surface area contributed by atoms with Gasteiger partial charge in [0.25, 0.3) is 5.91 Å². The summed E-state index contributed by atoms with van der Waals surface area (Å²) >= 11 is 6.31. The Morgan fingerprint density at radius 3 is 2.67 bits per heavy atom. The number of carbonyl (C=O) groups excluding carboxylic acids is 1. The number of nitrogens with two attached hydrogens (primary N) is 1. The lowest BCUT2D eigenvalue weighted by molar-refractivity contribution is 0.0939. The number of halogens is 1. The molecular formula is C21H32ClN3O2. The lowest BCUT2D eigenvalue weighted by atomic mass is 9.90. The van der Waals surface area contributed by atoms with Gasteiger partial charge in [-0.25, -0.2) is 0 Å². The van der Waals surface area contributed by atoms with Crippen molar-refractivity contribution in [2.24, 2.45) is 0 Å². The fourth-order valence-corrected chi connectivity index (χ4v) is 5.04. The van der Waals surface area contributed by atoms with Crippen LogP contribution in [0, 0.1) is 0 Å². The molecule has 3 N–H and O–H groups in total. The van der Waals surface area contributed by atoms with E-state index in [0.717, 1.165) is 24.8 Å². The highest BCUT2D eigenvalue weighted by Gasteiger charge is 2.43. The van der Waals surface area contributed by atoms with Gasteiger partial charge in [-0.3, -0.25) is 9.69 Å². The van der Waals surface area contributed by atoms with Crippen LogP contribution in [0.5, 0.6) is 5.75 Å². The molecule has 3 rings (SSSR count). The van der Waals surface area contributed by atoms with Crippen molar-refractivity contribution in [1.82, 2.24) is 10.2 Å². The maximum absolute atomic E-state index is 12.9. The molecule has 2 heterocycles. The second-order valence-corrected chi connectivity index (χ2v) is 8.14. The third-order valence-electron chi connectivity index (χ3n) is 6.09. The van der Waals surface area contributed by atoms with Gasteiger partial charge in [0.05, 0.1) is 22.9 Å². The predicted octanol–water partition coefficient (Wildman–Crippen LogP) is 4.02. The number of anilines is 1. The Bertz CT molecular complexity index is 682. The Balaban J connectivity index is 1.73. The maximum atomic E-state index is 12.9. The van der Waals surface area contributed by atoms with Crippen molar-refractivity contribution in [1.29, 1.82) is 0 Å². The molecule has 0 saturated carbocycles. The summed E-state index contributed by atoms with van der Waals surface area (Å²) in [5, 5.41) is 3.52. The molecule has 6 heteroatoms. The minimum atomic E-state index is -0.128. The number of nitrogen functional groups attached to an aromatic ring is 1. The van der Waals surface area contributed by atoms with Crippen LogP contribution < -0.4 is 15.8 Å². The molecule has 27 heavy (non-hydrogen) atoms. The average Bonchev–Trinajstić information content (AvgIpc) is 3.21. The number of benzene rings is 1. The topological polar surface area (TPSA) is 67.6 Å². The number of amides is 1. The van der Waals surface area contributed by atoms with Gasteiger partial charge in [0.1, 0.15) is 5.75 Å². The highest BCUT2D eigenvalue weighted by atomic mass is 35.5. The quantitative estimate of drug-likeness (QED) is 0.654. The Morgan fingerprint density at radius 1 is 1.33 bits per heavy atom. The first-order chi connectivity index (χ1) is 13.0. The van der Waals surface area contributed by atoms with Gasteiger partial charge < -0.3 is 15.8 Å². The van der Waals surface area contributed by atoms with E-state index in [1.807, 2.05) is 6.92 Å². The average molecular weight is 394 g/mol. The minimum absolute atomic E-state index is 0.128. The van der Waals surface area contributed by atoms with Crippen LogP contribution >= 0.6 is 11.6 Å². The molecule has 2 fully saturated rings. The summed E-state index contributed by atoms with van der Waals surface area (Å²) in [7, 11) is 0. The molecule has 0 radical (unpaired) electrons. The molecule has 2 aliphatic rings. The van der Waals surface area contributed by atoms with E-state index in [1.54, 1.807) is 6.07 Å². The normalized spacial score (nSPS) is 18.5. The second-order valence-electron chi connectivity index (χ2n) is 7.73. The van der Waals surface area contributed by atoms with Crippen LogP contribution in [0.3, 0.4) is 0 Å². The number of hydrogen-bond donors (Lipinski definition) is 2. The monoisotopic (exact) mass is 393 g/mol. The Hall–Kier alpha value is -1.46. The van der Waals surface area contributed by atoms with E-state index in [1.165, 1.54) is 38.8 Å². The Morgan fingerprint density at radius 2 is 2.04 bits per heavy atom. The third kappa shape index (κ3) is 4.04. The Kier molecular flexibility index (Phi) is 6.53. The molecular weight excluding hydrogens is 362 g/mol. The van der Waals surface area contributed by atoms with Gasteiger partial charge in [-0.2, -0.15) is 0 Å². The molecule has 1 aromatic carbocycles. The van der Waals surface area contributed by atoms with Crippen LogP contribution in [0.25, 0.3) is 0 Å². The van der Waals surface area contributed by atoms with Crippen LogP contribution in [-0.4, -0.2) is 42.6 Å². The molecule has 150 valence electrons. The zero-order valence-electron chi connectivity index (χ0n) is 16.6. The molecule has 0 aliphatic carbocycles. The van der Waals surface area contributed by atoms with Crippen molar-refractivity contribution in [3.8, 4) is 5.75 Å². The lowest BCUT2D eigenvalue weighted by Crippen LogP contribution is -2.41. The molecule has 0 aromatic heterocycles. The molecule has 1 amide bonds. The van der Waals surface area contributed by atoms with E-state index in [4.69, 9.17) is 22.1 Å². The van der Waals surface area contributed by atoms with Crippen molar-refractivity contribution in [3.05, 3.63) is 22.2 Å². The number of nitrogens with one attached hydrogen (secondary N) is 1. The number of nitrogens with zero attached hydrogens (tertiary/aromatic N) is 1. The van der Waals surface area contributed by atoms with E-state index in [0.29, 0.717) is 40.7 Å². The van der Waals surface area contributed by atoms with Crippen LogP contribution in [0.1, 0.15) is 68.3 Å². The first kappa shape index (κ1) is 20.3. The fraction of sp³-hybridized carbons (Fsp3) is 0.667. The summed E-state index contributed by atoms with van der Waals surface area (Å²) < 4.78 is 5.82. The van der Waals surface area contributed by atoms with Crippen LogP contribution in [0.2, 0.25) is 5.02 Å². The zero-order valence-corrected chi connectivity index (χ0v) is 17.3. The molecule has 0 spiro atoms. The number of carbonyl (C=O) groups is 1. The number of ether oxygens (including phenoxy) is 1. The summed E-state index contributed by atoms with van der Waals surface area (Å²) in [5.74, 6) is 0.455. The van der Waals surface area contributed by atoms with Crippen LogP contribution in [0.15, 0.2) is 6.07 Å². The zero-order chi connectivity index (χ0) is 19.4. The molecule has 0 unspecified atom stereocenters. The van der Waals surface area contributed by atoms with Crippen molar-refractivity contribution < 1.29 is 9.53 Å². The van der Waals surface area contributed by atoms with E-state index < -0.39 is 0 Å². The van der Waals surface area contributed by atoms with E-state index in [2.05, 4.69) is 17.1 Å². The Labute approximate surface area is 167 Å². The predicted molar refractivity (Wildman–Crippen MR) is 111 cm³/mol. The van der Waals surface area contributed by atoms with Crippen molar-refractivity contribution >= 4 is 23.2 Å². The lowest BCUT2D eigenvalue weighted by Gasteiger charge is -2.32. The molecule has 2 aliphatic heterocycles. The highest BCUT2D eigenvalue weighted by Crippen LogP contribution is 2.41. The van der Waals surface area contributed by atoms with Crippen molar-refractivity contribution in [2.75, 3.05) is 32.0 Å². The fourth-order valence-electron chi connectivity index (χ4n) is 4.81. The van der Waals surface area contributed by atoms with Gasteiger partial charge in [-0.05, 0) is 64.6 Å². The SMILES string of the molecule is CCCc1c(N)c(Cl)cc(C(=O)NCCC23CCCN2CCC3)c1OCC. The van der Waals surface area contributed by atoms with Gasteiger partial charge in [0.2, 0.25) is 0 Å². The molecule has 0 bridgehead atoms. The van der Waals surface area contributed by atoms with Gasteiger partial charge in [0, 0.05) is 17.6 Å². The maximum Gasteiger partial charge on any atom is 0.255 e. The number of hydrogen-bond acceptors (Lipinski definition) is 4. The third-order valence-corrected chi connectivity index (χ3v) is 6.41. The molecule has 0 atom stereocenters. The summed E-state index contributed by atoms with van der Waals surface area (Å²) in [4.78, 5) is 15.5. The largest absolute Gasteiger partial charge is 0.493 e. The van der Waals surface area contributed by atoms with Crippen LogP contribution in [0.4, 0.5) is 5.69 Å². The van der Waals surface area contributed by atoms with Gasteiger partial charge >= 0.3 is 0 Å². The van der Waals surface area contributed by atoms with E-state index in [9.17, 15) is 4.79 Å². The van der Waals surface area contributed by atoms with E-state index >= 15 is 0 Å². The standard InChI is InChI=1S/C21H32ClN3O2/c1-3-7-15-18(23)17(22)14-16(19(15)27-4-2)20(26)24-11-10-21-8-5-12-25(21)13-6-9-21/h14H,3-13,23H2,1-2H3,(H,24,26). The van der Waals surface area contributed by atoms with Crippen molar-refractivity contribution in [3.63, 3.8) is 0 Å². The summed E-state index contributed by atoms with van der Waals surface area (Å²) in [6, 6.07) is 1.64. The van der Waals surface area contributed by atoms with E-state index in [-0.39, 0.29) is 5.91 Å². The van der Waals surface area contributed by atoms with Gasteiger partial charge in [0.15, 0.2) is 0 Å². The summed E-state index contributed by atoms with van der Waals surface area (Å²) in [6.45, 7) is 7.55. The summed E-state index contributed by atoms with van der Waals surface area (Å²) in [5.41, 5.74) is 8.32. The minimum Gasteiger partial charge on any atom is -0.493 e. The number of fused-ring (bicyclic) bond motifs is 1. The van der Waals surface area contributed by atoms with Crippen LogP contribution in [-0.2, 0) is 6.42 Å². The highest BCUT2D eigenvalue weighted by molar-refractivity contribution is 6.33. The van der Waals surface area contributed by atoms with Gasteiger partial charge in [-0.1, -0.05) is 24.9 Å². The number of rotatable bonds is 8. The van der Waals surface area contributed by atoms with Gasteiger partial charge in [-0.15, -0.1) is 0 Å². The first-order valence-corrected chi connectivity index (χ1v) is 10.7. The second kappa shape index (κ2) is 8.70. The molecule has 5 nitrogen and oxygen atoms in total. The summed E-state index contributed by atoms with van der Waals surface area (Å²) in [6.07, 6.45) is 7.70. The smallest absolute Gasteiger partial charge is 0.255 e. The molecule has 2 saturated heterocycles. The first-order valence-electron chi connectivity index (χ1n) is 10.3. The van der Waals surface area contributed by atoms with Crippen molar-refractivity contribution in [2.45, 2.75) is 64.3 Å².